The number of hydrogen-bond donors (Lipinski definition) is 3. The van der Waals surface area contributed by atoms with Crippen LogP contribution in [0.15, 0.2) is 48.6 Å². The Balaban J connectivity index is 1.73. The highest BCUT2D eigenvalue weighted by Gasteiger charge is 2.39. The molecule has 1 aliphatic rings. The highest BCUT2D eigenvalue weighted by molar-refractivity contribution is 5.69. The molecule has 3 N–H and O–H groups in total. The van der Waals surface area contributed by atoms with Crippen LogP contribution < -0.4 is 4.74 Å². The molecule has 0 amide bonds. The maximum absolute atomic E-state index is 12.8. The first kappa shape index (κ1) is 32.1. The lowest BCUT2D eigenvalue weighted by atomic mass is 9.89. The van der Waals surface area contributed by atoms with Gasteiger partial charge in [0.1, 0.15) is 18.5 Å². The van der Waals surface area contributed by atoms with E-state index in [-0.39, 0.29) is 50.8 Å². The summed E-state index contributed by atoms with van der Waals surface area (Å²) in [5.41, 5.74) is -0.859. The molecule has 1 saturated carbocycles. The summed E-state index contributed by atoms with van der Waals surface area (Å²) in [6, 6.07) is 4.33. The third kappa shape index (κ3) is 12.1. The summed E-state index contributed by atoms with van der Waals surface area (Å²) < 4.78 is 48.7. The second-order valence-corrected chi connectivity index (χ2v) is 9.13. The van der Waals surface area contributed by atoms with E-state index in [1.807, 2.05) is 12.2 Å². The molecule has 0 unspecified atom stereocenters. The van der Waals surface area contributed by atoms with E-state index in [0.717, 1.165) is 12.1 Å². The third-order valence-corrected chi connectivity index (χ3v) is 6.13. The zero-order chi connectivity index (χ0) is 28.8. The molecule has 1 aromatic rings. The number of halogens is 3. The van der Waals surface area contributed by atoms with Crippen molar-refractivity contribution in [1.82, 2.24) is 0 Å². The van der Waals surface area contributed by atoms with E-state index in [0.29, 0.717) is 19.3 Å². The summed E-state index contributed by atoms with van der Waals surface area (Å²) in [6.45, 7) is -0.401. The minimum absolute atomic E-state index is 0.0331. The summed E-state index contributed by atoms with van der Waals surface area (Å²) in [7, 11) is 0. The van der Waals surface area contributed by atoms with E-state index in [2.05, 4.69) is 4.84 Å². The van der Waals surface area contributed by atoms with Crippen LogP contribution in [0.1, 0.15) is 44.1 Å². The summed E-state index contributed by atoms with van der Waals surface area (Å²) in [4.78, 5) is 25.8. The Morgan fingerprint density at radius 3 is 2.67 bits per heavy atom. The van der Waals surface area contributed by atoms with E-state index < -0.39 is 47.0 Å². The number of benzene rings is 1. The van der Waals surface area contributed by atoms with Gasteiger partial charge in [-0.2, -0.15) is 13.2 Å². The summed E-state index contributed by atoms with van der Waals surface area (Å²) in [6.07, 6.45) is 1.58. The zero-order valence-electron chi connectivity index (χ0n) is 21.2. The van der Waals surface area contributed by atoms with E-state index in [1.165, 1.54) is 18.2 Å². The Morgan fingerprint density at radius 1 is 1.18 bits per heavy atom. The SMILES string of the molecule is O=C(CCC/C=C\C[C@@H]1[C@@H](/C=C/[C@@H](O)COc2cccc(C(F)(F)F)c2)[C@H](O)C[C@@H]1O)OCCCO[N+](=O)[O-]. The number of esters is 1. The number of unbranched alkanes of at least 4 members (excludes halogenated alkanes) is 1. The van der Waals surface area contributed by atoms with Gasteiger partial charge in [-0.15, -0.1) is 10.1 Å². The van der Waals surface area contributed by atoms with Gasteiger partial charge in [-0.1, -0.05) is 30.4 Å². The van der Waals surface area contributed by atoms with Crippen LogP contribution in [0.5, 0.6) is 5.75 Å². The number of alkyl halides is 3. The molecule has 0 radical (unpaired) electrons. The first-order chi connectivity index (χ1) is 18.5. The Hall–Kier alpha value is -3.16. The average Bonchev–Trinajstić information content (AvgIpc) is 3.14. The van der Waals surface area contributed by atoms with Crippen molar-refractivity contribution in [2.24, 2.45) is 11.8 Å². The van der Waals surface area contributed by atoms with Crippen LogP contribution in [0.3, 0.4) is 0 Å². The fourth-order valence-corrected chi connectivity index (χ4v) is 4.15. The van der Waals surface area contributed by atoms with Gasteiger partial charge in [-0.05, 0) is 43.4 Å². The number of allylic oxidation sites excluding steroid dienone is 2. The van der Waals surface area contributed by atoms with Crippen molar-refractivity contribution >= 4 is 5.97 Å². The Bertz CT molecular complexity index is 970. The van der Waals surface area contributed by atoms with E-state index in [1.54, 1.807) is 6.08 Å². The third-order valence-electron chi connectivity index (χ3n) is 6.13. The maximum atomic E-state index is 12.8. The lowest BCUT2D eigenvalue weighted by Gasteiger charge is -2.19. The minimum Gasteiger partial charge on any atom is -0.491 e. The predicted octanol–water partition coefficient (Wildman–Crippen LogP) is 3.62. The second-order valence-electron chi connectivity index (χ2n) is 9.13. The van der Waals surface area contributed by atoms with Gasteiger partial charge in [0.2, 0.25) is 0 Å². The molecule has 0 spiro atoms. The van der Waals surface area contributed by atoms with Crippen LogP contribution in [-0.2, 0) is 20.5 Å². The minimum atomic E-state index is -4.51. The average molecular weight is 562 g/mol. The van der Waals surface area contributed by atoms with Crippen molar-refractivity contribution in [3.05, 3.63) is 64.2 Å². The fourth-order valence-electron chi connectivity index (χ4n) is 4.15. The molecule has 0 aromatic heterocycles. The molecule has 0 aliphatic heterocycles. The fraction of sp³-hybridized carbons (Fsp3) is 0.577. The van der Waals surface area contributed by atoms with Gasteiger partial charge in [0.05, 0.1) is 31.0 Å². The molecule has 10 nitrogen and oxygen atoms in total. The molecule has 1 aromatic carbocycles. The Labute approximate surface area is 223 Å². The van der Waals surface area contributed by atoms with Crippen LogP contribution in [-0.4, -0.2) is 64.5 Å². The molecular formula is C26H34F3NO9. The molecule has 1 aliphatic carbocycles. The van der Waals surface area contributed by atoms with Gasteiger partial charge in [0.15, 0.2) is 0 Å². The van der Waals surface area contributed by atoms with Crippen molar-refractivity contribution in [2.45, 2.75) is 63.0 Å². The summed E-state index contributed by atoms with van der Waals surface area (Å²) in [5, 5.41) is 40.0. The van der Waals surface area contributed by atoms with Crippen LogP contribution in [0.2, 0.25) is 0 Å². The van der Waals surface area contributed by atoms with E-state index in [9.17, 15) is 43.4 Å². The largest absolute Gasteiger partial charge is 0.491 e. The number of nitrogens with zero attached hydrogens (tertiary/aromatic N) is 1. The van der Waals surface area contributed by atoms with Crippen LogP contribution >= 0.6 is 0 Å². The number of aliphatic hydroxyl groups excluding tert-OH is 3. The number of ether oxygens (including phenoxy) is 2. The van der Waals surface area contributed by atoms with Crippen molar-refractivity contribution in [3.8, 4) is 5.75 Å². The molecule has 2 rings (SSSR count). The molecule has 1 fully saturated rings. The predicted molar refractivity (Wildman–Crippen MR) is 132 cm³/mol. The second kappa shape index (κ2) is 16.1. The molecule has 13 heteroatoms. The first-order valence-electron chi connectivity index (χ1n) is 12.6. The topological polar surface area (TPSA) is 149 Å². The van der Waals surface area contributed by atoms with Crippen molar-refractivity contribution in [1.29, 1.82) is 0 Å². The van der Waals surface area contributed by atoms with Crippen LogP contribution in [0, 0.1) is 22.0 Å². The van der Waals surface area contributed by atoms with Gasteiger partial charge in [0.25, 0.3) is 5.09 Å². The summed E-state index contributed by atoms with van der Waals surface area (Å²) in [5.74, 6) is -1.20. The number of aliphatic hydroxyl groups is 3. The Morgan fingerprint density at radius 2 is 1.95 bits per heavy atom. The van der Waals surface area contributed by atoms with Crippen LogP contribution in [0.4, 0.5) is 13.2 Å². The van der Waals surface area contributed by atoms with Gasteiger partial charge in [-0.3, -0.25) is 4.79 Å². The van der Waals surface area contributed by atoms with Crippen molar-refractivity contribution in [2.75, 3.05) is 19.8 Å². The lowest BCUT2D eigenvalue weighted by molar-refractivity contribution is -0.757. The molecule has 0 heterocycles. The number of carbonyl (C=O) groups excluding carboxylic acids is 1. The van der Waals surface area contributed by atoms with Crippen LogP contribution in [0.25, 0.3) is 0 Å². The standard InChI is InChI=1S/C26H34F3NO9/c27-26(28,29)18-7-5-8-20(15-18)38-17-19(31)11-12-22-21(23(32)16-24(22)33)9-3-1-2-4-10-25(34)37-13-6-14-39-30(35)36/h1,3,5,7-8,11-12,15,19,21-24,31-33H,2,4,6,9-10,13-14,16-17H2/b3-1-,12-11+/t19-,21-,22-,23+,24-/m1/s1. The number of hydrogen-bond acceptors (Lipinski definition) is 9. The monoisotopic (exact) mass is 561 g/mol. The number of carbonyl (C=O) groups is 1. The summed E-state index contributed by atoms with van der Waals surface area (Å²) >= 11 is 0. The van der Waals surface area contributed by atoms with Gasteiger partial charge in [0, 0.05) is 25.2 Å². The smallest absolute Gasteiger partial charge is 0.416 e. The zero-order valence-corrected chi connectivity index (χ0v) is 21.2. The molecule has 39 heavy (non-hydrogen) atoms. The molecular weight excluding hydrogens is 527 g/mol. The van der Waals surface area contributed by atoms with Gasteiger partial charge < -0.3 is 29.6 Å². The normalized spacial score (nSPS) is 22.3. The first-order valence-corrected chi connectivity index (χ1v) is 12.6. The van der Waals surface area contributed by atoms with E-state index in [4.69, 9.17) is 9.47 Å². The maximum Gasteiger partial charge on any atom is 0.416 e. The van der Waals surface area contributed by atoms with Crippen molar-refractivity contribution in [3.63, 3.8) is 0 Å². The highest BCUT2D eigenvalue weighted by atomic mass is 19.4. The quantitative estimate of drug-likeness (QED) is 0.0905. The van der Waals surface area contributed by atoms with Gasteiger partial charge in [-0.25, -0.2) is 0 Å². The molecule has 0 bridgehead atoms. The number of rotatable bonds is 16. The molecule has 0 saturated heterocycles. The highest BCUT2D eigenvalue weighted by Crippen LogP contribution is 2.36. The lowest BCUT2D eigenvalue weighted by Crippen LogP contribution is -2.21. The molecule has 5 atom stereocenters. The van der Waals surface area contributed by atoms with Crippen molar-refractivity contribution < 1.29 is 52.7 Å². The van der Waals surface area contributed by atoms with Gasteiger partial charge >= 0.3 is 12.1 Å². The Kier molecular flexibility index (Phi) is 13.2. The molecule has 218 valence electrons. The van der Waals surface area contributed by atoms with E-state index >= 15 is 0 Å².